The molecule has 1 aromatic carbocycles. The first-order chi connectivity index (χ1) is 12.6. The van der Waals surface area contributed by atoms with E-state index in [9.17, 15) is 23.3 Å². The van der Waals surface area contributed by atoms with Gasteiger partial charge in [-0.3, -0.25) is 14.9 Å². The van der Waals surface area contributed by atoms with Gasteiger partial charge < -0.3 is 4.57 Å². The maximum atomic E-state index is 12.1. The van der Waals surface area contributed by atoms with E-state index in [4.69, 9.17) is 0 Å². The second-order valence-electron chi connectivity index (χ2n) is 5.56. The third-order valence-electron chi connectivity index (χ3n) is 3.60. The summed E-state index contributed by atoms with van der Waals surface area (Å²) >= 11 is 2.16. The van der Waals surface area contributed by atoms with Crippen LogP contribution in [0, 0.1) is 10.1 Å². The molecule has 2 heterocycles. The normalized spacial score (nSPS) is 12.9. The summed E-state index contributed by atoms with van der Waals surface area (Å²) in [6.45, 7) is 0. The molecule has 0 N–H and O–H groups in total. The van der Waals surface area contributed by atoms with Gasteiger partial charge in [-0.15, -0.1) is 0 Å². The molecule has 0 saturated heterocycles. The molecule has 8 nitrogen and oxygen atoms in total. The van der Waals surface area contributed by atoms with Crippen LogP contribution < -0.4 is 4.80 Å². The van der Waals surface area contributed by atoms with E-state index >= 15 is 0 Å². The molecule has 3 aromatic rings. The Kier molecular flexibility index (Phi) is 5.09. The molecule has 0 aliphatic carbocycles. The maximum absolute atomic E-state index is 12.1. The van der Waals surface area contributed by atoms with Crippen molar-refractivity contribution in [1.82, 2.24) is 4.57 Å². The van der Waals surface area contributed by atoms with Gasteiger partial charge in [0.15, 0.2) is 14.6 Å². The Morgan fingerprint density at radius 1 is 1.26 bits per heavy atom. The number of hydrogen-bond donors (Lipinski definition) is 0. The smallest absolute Gasteiger partial charge is 0.319 e. The molecule has 11 heteroatoms. The van der Waals surface area contributed by atoms with Crippen molar-refractivity contribution in [3.8, 4) is 0 Å². The number of hydrogen-bond acceptors (Lipinski definition) is 7. The van der Waals surface area contributed by atoms with Crippen LogP contribution in [0.2, 0.25) is 0 Å². The van der Waals surface area contributed by atoms with Crippen LogP contribution in [-0.4, -0.2) is 30.1 Å². The highest BCUT2D eigenvalue weighted by Crippen LogP contribution is 2.25. The molecule has 0 fully saturated rings. The first kappa shape index (κ1) is 19.1. The number of rotatable bonds is 4. The summed E-state index contributed by atoms with van der Waals surface area (Å²) in [4.78, 5) is 27.5. The zero-order valence-corrected chi connectivity index (χ0v) is 16.6. The van der Waals surface area contributed by atoms with E-state index in [1.54, 1.807) is 29.8 Å². The number of amides is 1. The van der Waals surface area contributed by atoms with Crippen LogP contribution in [0.25, 0.3) is 16.3 Å². The van der Waals surface area contributed by atoms with Gasteiger partial charge >= 0.3 is 5.00 Å². The molecule has 0 aliphatic rings. The van der Waals surface area contributed by atoms with Crippen LogP contribution in [0.15, 0.2) is 46.3 Å². The zero-order chi connectivity index (χ0) is 19.8. The molecule has 0 radical (unpaired) electrons. The van der Waals surface area contributed by atoms with Crippen LogP contribution in [0.5, 0.6) is 0 Å². The Labute approximate surface area is 161 Å². The molecule has 0 unspecified atom stereocenters. The average molecular weight is 423 g/mol. The number of benzene rings is 1. The predicted molar refractivity (Wildman–Crippen MR) is 104 cm³/mol. The number of carbonyl (C=O) groups excluding carboxylic acids is 1. The molecular weight excluding hydrogens is 410 g/mol. The second-order valence-corrected chi connectivity index (χ2v) is 9.68. The Bertz CT molecular complexity index is 1260. The summed E-state index contributed by atoms with van der Waals surface area (Å²) in [5, 5.41) is 10.7. The molecule has 1 amide bonds. The number of thiazole rings is 1. The molecule has 0 atom stereocenters. The van der Waals surface area contributed by atoms with E-state index in [1.807, 2.05) is 0 Å². The van der Waals surface area contributed by atoms with Crippen molar-refractivity contribution in [3.05, 3.63) is 56.2 Å². The molecule has 3 rings (SSSR count). The Morgan fingerprint density at radius 2 is 2.00 bits per heavy atom. The fourth-order valence-corrected chi connectivity index (χ4v) is 4.78. The minimum Gasteiger partial charge on any atom is -0.319 e. The zero-order valence-electron chi connectivity index (χ0n) is 14.1. The Morgan fingerprint density at radius 3 is 2.63 bits per heavy atom. The van der Waals surface area contributed by atoms with Crippen molar-refractivity contribution in [2.75, 3.05) is 6.26 Å². The molecule has 0 bridgehead atoms. The predicted octanol–water partition coefficient (Wildman–Crippen LogP) is 2.75. The van der Waals surface area contributed by atoms with E-state index in [0.29, 0.717) is 14.4 Å². The molecule has 0 saturated carbocycles. The highest BCUT2D eigenvalue weighted by molar-refractivity contribution is 7.90. The summed E-state index contributed by atoms with van der Waals surface area (Å²) < 4.78 is 25.8. The van der Waals surface area contributed by atoms with Gasteiger partial charge in [0.2, 0.25) is 0 Å². The molecular formula is C16H13N3O5S3. The lowest BCUT2D eigenvalue weighted by Gasteiger charge is -1.98. The summed E-state index contributed by atoms with van der Waals surface area (Å²) in [6.07, 6.45) is 3.84. The maximum Gasteiger partial charge on any atom is 0.324 e. The fraction of sp³-hybridized carbons (Fsp3) is 0.125. The number of nitro groups is 1. The third-order valence-corrected chi connectivity index (χ3v) is 6.80. The lowest BCUT2D eigenvalue weighted by atomic mass is 10.3. The first-order valence-corrected chi connectivity index (χ1v) is 11.0. The van der Waals surface area contributed by atoms with Gasteiger partial charge in [-0.2, -0.15) is 4.99 Å². The first-order valence-electron chi connectivity index (χ1n) is 7.46. The number of aromatic nitrogens is 1. The lowest BCUT2D eigenvalue weighted by Crippen LogP contribution is -2.12. The van der Waals surface area contributed by atoms with Crippen molar-refractivity contribution in [2.24, 2.45) is 12.0 Å². The van der Waals surface area contributed by atoms with Crippen molar-refractivity contribution in [1.29, 1.82) is 0 Å². The van der Waals surface area contributed by atoms with Crippen LogP contribution in [0.3, 0.4) is 0 Å². The van der Waals surface area contributed by atoms with E-state index in [0.717, 1.165) is 23.1 Å². The summed E-state index contributed by atoms with van der Waals surface area (Å²) in [5.74, 6) is -0.517. The third kappa shape index (κ3) is 4.21. The molecule has 2 aromatic heterocycles. The quantitative estimate of drug-likeness (QED) is 0.364. The van der Waals surface area contributed by atoms with E-state index in [1.165, 1.54) is 35.6 Å². The Hall–Kier alpha value is -2.63. The lowest BCUT2D eigenvalue weighted by molar-refractivity contribution is -0.380. The van der Waals surface area contributed by atoms with Gasteiger partial charge in [-0.1, -0.05) is 22.7 Å². The Balaban J connectivity index is 1.92. The molecule has 0 spiro atoms. The van der Waals surface area contributed by atoms with Gasteiger partial charge in [-0.05, 0) is 30.3 Å². The van der Waals surface area contributed by atoms with Gasteiger partial charge in [-0.25, -0.2) is 8.42 Å². The summed E-state index contributed by atoms with van der Waals surface area (Å²) in [6, 6.07) is 7.67. The second kappa shape index (κ2) is 7.18. The van der Waals surface area contributed by atoms with Gasteiger partial charge in [0, 0.05) is 30.3 Å². The number of nitrogens with zero attached hydrogens (tertiary/aromatic N) is 3. The largest absolute Gasteiger partial charge is 0.324 e. The summed E-state index contributed by atoms with van der Waals surface area (Å²) in [5.41, 5.74) is 0.761. The number of carbonyl (C=O) groups is 1. The minimum atomic E-state index is -3.32. The molecule has 140 valence electrons. The van der Waals surface area contributed by atoms with Crippen LogP contribution >= 0.6 is 22.7 Å². The topological polar surface area (TPSA) is 112 Å². The number of aryl methyl sites for hydroxylation is 1. The summed E-state index contributed by atoms with van der Waals surface area (Å²) in [7, 11) is -1.59. The monoisotopic (exact) mass is 423 g/mol. The highest BCUT2D eigenvalue weighted by atomic mass is 32.2. The number of fused-ring (bicyclic) bond motifs is 1. The highest BCUT2D eigenvalue weighted by Gasteiger charge is 2.11. The average Bonchev–Trinajstić information content (AvgIpc) is 3.18. The standard InChI is InChI=1S/C16H13N3O5S3/c1-18-12-6-5-11(27(2,23)24)9-13(12)26-16(18)17-14(20)7-3-10-4-8-15(25-10)19(21)22/h3-9H,1-2H3/b7-3+,17-16?. The minimum absolute atomic E-state index is 0.00313. The number of thiophene rings is 1. The fourth-order valence-electron chi connectivity index (χ4n) is 2.27. The van der Waals surface area contributed by atoms with Gasteiger partial charge in [0.25, 0.3) is 5.91 Å². The number of sulfone groups is 1. The van der Waals surface area contributed by atoms with E-state index in [-0.39, 0.29) is 9.90 Å². The van der Waals surface area contributed by atoms with Crippen molar-refractivity contribution < 1.29 is 18.1 Å². The van der Waals surface area contributed by atoms with Crippen molar-refractivity contribution in [3.63, 3.8) is 0 Å². The van der Waals surface area contributed by atoms with Crippen molar-refractivity contribution in [2.45, 2.75) is 4.90 Å². The van der Waals surface area contributed by atoms with Gasteiger partial charge in [0.05, 0.1) is 20.0 Å². The molecule has 27 heavy (non-hydrogen) atoms. The SMILES string of the molecule is Cn1c(=NC(=O)/C=C/c2ccc([N+](=O)[O-])s2)sc2cc(S(C)(=O)=O)ccc21. The van der Waals surface area contributed by atoms with Gasteiger partial charge in [0.1, 0.15) is 0 Å². The molecule has 0 aliphatic heterocycles. The van der Waals surface area contributed by atoms with Crippen LogP contribution in [-0.2, 0) is 21.7 Å². The van der Waals surface area contributed by atoms with E-state index < -0.39 is 20.7 Å². The van der Waals surface area contributed by atoms with Crippen molar-refractivity contribution >= 4 is 59.7 Å². The van der Waals surface area contributed by atoms with E-state index in [2.05, 4.69) is 4.99 Å². The van der Waals surface area contributed by atoms with Crippen LogP contribution in [0.4, 0.5) is 5.00 Å². The van der Waals surface area contributed by atoms with Crippen LogP contribution in [0.1, 0.15) is 4.88 Å².